The molecule has 0 aliphatic rings. The van der Waals surface area contributed by atoms with Crippen molar-refractivity contribution in [2.24, 2.45) is 0 Å². The lowest BCUT2D eigenvalue weighted by molar-refractivity contribution is 0.929. The molecule has 1 aromatic heterocycles. The highest BCUT2D eigenvalue weighted by Crippen LogP contribution is 2.29. The molecule has 2 N–H and O–H groups in total. The predicted molar refractivity (Wildman–Crippen MR) is 57.0 cm³/mol. The monoisotopic (exact) mass is 203 g/mol. The van der Waals surface area contributed by atoms with Crippen molar-refractivity contribution >= 4 is 17.4 Å². The van der Waals surface area contributed by atoms with Crippen molar-refractivity contribution in [3.63, 3.8) is 0 Å². The molecule has 1 heterocycles. The van der Waals surface area contributed by atoms with E-state index in [2.05, 4.69) is 10.2 Å². The molecule has 0 amide bonds. The van der Waals surface area contributed by atoms with Crippen molar-refractivity contribution in [1.29, 1.82) is 0 Å². The van der Waals surface area contributed by atoms with Gasteiger partial charge in [-0.3, -0.25) is 0 Å². The normalized spacial score (nSPS) is 10.0. The first kappa shape index (κ1) is 9.02. The third-order valence-corrected chi connectivity index (χ3v) is 2.70. The van der Waals surface area contributed by atoms with Gasteiger partial charge in [0.15, 0.2) is 0 Å². The van der Waals surface area contributed by atoms with Crippen LogP contribution in [0.5, 0.6) is 0 Å². The number of hydrogen-bond acceptors (Lipinski definition) is 4. The summed E-state index contributed by atoms with van der Waals surface area (Å²) >= 11 is 1.52. The van der Waals surface area contributed by atoms with Gasteiger partial charge < -0.3 is 5.73 Å². The van der Waals surface area contributed by atoms with Crippen LogP contribution in [0.4, 0.5) is 5.69 Å². The van der Waals surface area contributed by atoms with Gasteiger partial charge in [0.1, 0.15) is 5.03 Å². The lowest BCUT2D eigenvalue weighted by Gasteiger charge is -2.02. The van der Waals surface area contributed by atoms with Crippen LogP contribution in [-0.2, 0) is 0 Å². The maximum absolute atomic E-state index is 5.80. The molecule has 0 unspecified atom stereocenters. The number of hydrogen-bond donors (Lipinski definition) is 1. The van der Waals surface area contributed by atoms with E-state index in [0.29, 0.717) is 0 Å². The number of rotatable bonds is 2. The van der Waals surface area contributed by atoms with Crippen LogP contribution in [0.15, 0.2) is 52.5 Å². The van der Waals surface area contributed by atoms with Gasteiger partial charge in [-0.2, -0.15) is 5.10 Å². The second-order valence-electron chi connectivity index (χ2n) is 2.70. The number of para-hydroxylation sites is 1. The second kappa shape index (κ2) is 4.11. The molecule has 1 aromatic carbocycles. The van der Waals surface area contributed by atoms with Crippen LogP contribution in [0.3, 0.4) is 0 Å². The zero-order chi connectivity index (χ0) is 9.80. The number of nitrogen functional groups attached to an aromatic ring is 1. The van der Waals surface area contributed by atoms with Crippen LogP contribution >= 0.6 is 11.8 Å². The summed E-state index contributed by atoms with van der Waals surface area (Å²) in [6, 6.07) is 11.5. The Morgan fingerprint density at radius 2 is 1.93 bits per heavy atom. The summed E-state index contributed by atoms with van der Waals surface area (Å²) in [5.41, 5.74) is 6.57. The first-order chi connectivity index (χ1) is 6.86. The third-order valence-electron chi connectivity index (χ3n) is 1.68. The summed E-state index contributed by atoms with van der Waals surface area (Å²) in [7, 11) is 0. The lowest BCUT2D eigenvalue weighted by atomic mass is 10.3. The van der Waals surface area contributed by atoms with Gasteiger partial charge in [0.2, 0.25) is 0 Å². The van der Waals surface area contributed by atoms with Gasteiger partial charge in [0, 0.05) is 16.8 Å². The standard InChI is InChI=1S/C10H9N3S/c11-8-4-1-2-5-9(8)14-10-6-3-7-12-13-10/h1-7H,11H2. The summed E-state index contributed by atoms with van der Waals surface area (Å²) in [4.78, 5) is 1.01. The molecule has 0 radical (unpaired) electrons. The van der Waals surface area contributed by atoms with Crippen molar-refractivity contribution in [3.05, 3.63) is 42.6 Å². The largest absolute Gasteiger partial charge is 0.398 e. The van der Waals surface area contributed by atoms with E-state index in [-0.39, 0.29) is 0 Å². The summed E-state index contributed by atoms with van der Waals surface area (Å²) < 4.78 is 0. The molecule has 0 saturated carbocycles. The molecule has 0 fully saturated rings. The fourth-order valence-corrected chi connectivity index (χ4v) is 1.82. The topological polar surface area (TPSA) is 51.8 Å². The minimum Gasteiger partial charge on any atom is -0.398 e. The SMILES string of the molecule is Nc1ccccc1Sc1cccnn1. The van der Waals surface area contributed by atoms with Crippen LogP contribution in [0.25, 0.3) is 0 Å². The molecule has 0 aliphatic carbocycles. The first-order valence-corrected chi connectivity index (χ1v) is 4.98. The summed E-state index contributed by atoms with van der Waals surface area (Å²) in [6.45, 7) is 0. The highest BCUT2D eigenvalue weighted by atomic mass is 32.2. The smallest absolute Gasteiger partial charge is 0.124 e. The Balaban J connectivity index is 2.24. The molecule has 3 nitrogen and oxygen atoms in total. The molecule has 2 aromatic rings. The molecule has 0 spiro atoms. The van der Waals surface area contributed by atoms with E-state index in [9.17, 15) is 0 Å². The molecule has 0 atom stereocenters. The Labute approximate surface area is 86.4 Å². The van der Waals surface area contributed by atoms with Gasteiger partial charge in [0.05, 0.1) is 0 Å². The Morgan fingerprint density at radius 1 is 1.07 bits per heavy atom. The van der Waals surface area contributed by atoms with Crippen molar-refractivity contribution in [2.75, 3.05) is 5.73 Å². The highest BCUT2D eigenvalue weighted by molar-refractivity contribution is 7.99. The Kier molecular flexibility index (Phi) is 2.65. The van der Waals surface area contributed by atoms with Gasteiger partial charge >= 0.3 is 0 Å². The van der Waals surface area contributed by atoms with Gasteiger partial charge in [-0.05, 0) is 24.3 Å². The van der Waals surface area contributed by atoms with Gasteiger partial charge in [-0.25, -0.2) is 0 Å². The summed E-state index contributed by atoms with van der Waals surface area (Å²) in [6.07, 6.45) is 1.65. The molecule has 2 rings (SSSR count). The molecule has 70 valence electrons. The van der Waals surface area contributed by atoms with Crippen molar-refractivity contribution in [3.8, 4) is 0 Å². The van der Waals surface area contributed by atoms with E-state index in [1.165, 1.54) is 11.8 Å². The summed E-state index contributed by atoms with van der Waals surface area (Å²) in [5.74, 6) is 0. The van der Waals surface area contributed by atoms with E-state index in [0.717, 1.165) is 15.6 Å². The highest BCUT2D eigenvalue weighted by Gasteiger charge is 2.00. The van der Waals surface area contributed by atoms with Gasteiger partial charge in [-0.1, -0.05) is 23.9 Å². The average molecular weight is 203 g/mol. The van der Waals surface area contributed by atoms with Crippen LogP contribution in [0.2, 0.25) is 0 Å². The van der Waals surface area contributed by atoms with Crippen molar-refractivity contribution < 1.29 is 0 Å². The molecule has 0 aliphatic heterocycles. The summed E-state index contributed by atoms with van der Waals surface area (Å²) in [5, 5.41) is 8.62. The number of nitrogens with two attached hydrogens (primary N) is 1. The van der Waals surface area contributed by atoms with E-state index in [4.69, 9.17) is 5.73 Å². The molecular formula is C10H9N3S. The maximum Gasteiger partial charge on any atom is 0.124 e. The quantitative estimate of drug-likeness (QED) is 0.760. The number of benzene rings is 1. The van der Waals surface area contributed by atoms with E-state index >= 15 is 0 Å². The number of anilines is 1. The van der Waals surface area contributed by atoms with Crippen molar-refractivity contribution in [1.82, 2.24) is 10.2 Å². The first-order valence-electron chi connectivity index (χ1n) is 4.16. The number of aromatic nitrogens is 2. The fraction of sp³-hybridized carbons (Fsp3) is 0. The zero-order valence-electron chi connectivity index (χ0n) is 7.42. The average Bonchev–Trinajstić information content (AvgIpc) is 2.23. The molecule has 0 bridgehead atoms. The minimum absolute atomic E-state index is 0.767. The molecule has 0 saturated heterocycles. The zero-order valence-corrected chi connectivity index (χ0v) is 8.24. The van der Waals surface area contributed by atoms with E-state index in [1.54, 1.807) is 6.20 Å². The maximum atomic E-state index is 5.80. The minimum atomic E-state index is 0.767. The Morgan fingerprint density at radius 3 is 2.64 bits per heavy atom. The Hall–Kier alpha value is -1.55. The van der Waals surface area contributed by atoms with Crippen LogP contribution < -0.4 is 5.73 Å². The van der Waals surface area contributed by atoms with Crippen molar-refractivity contribution in [2.45, 2.75) is 9.92 Å². The van der Waals surface area contributed by atoms with Gasteiger partial charge in [0.25, 0.3) is 0 Å². The van der Waals surface area contributed by atoms with Crippen LogP contribution in [0.1, 0.15) is 0 Å². The number of nitrogens with zero attached hydrogens (tertiary/aromatic N) is 2. The Bertz CT molecular complexity index is 417. The van der Waals surface area contributed by atoms with Crippen LogP contribution in [0, 0.1) is 0 Å². The van der Waals surface area contributed by atoms with E-state index < -0.39 is 0 Å². The second-order valence-corrected chi connectivity index (χ2v) is 3.76. The molecular weight excluding hydrogens is 194 g/mol. The van der Waals surface area contributed by atoms with Gasteiger partial charge in [-0.15, -0.1) is 5.10 Å². The molecule has 14 heavy (non-hydrogen) atoms. The van der Waals surface area contributed by atoms with Crippen LogP contribution in [-0.4, -0.2) is 10.2 Å². The fourth-order valence-electron chi connectivity index (χ4n) is 1.03. The van der Waals surface area contributed by atoms with E-state index in [1.807, 2.05) is 36.4 Å². The third kappa shape index (κ3) is 2.03. The molecule has 4 heteroatoms. The predicted octanol–water partition coefficient (Wildman–Crippen LogP) is 2.21. The lowest BCUT2D eigenvalue weighted by Crippen LogP contribution is -1.88.